The predicted octanol–water partition coefficient (Wildman–Crippen LogP) is 3.37. The van der Waals surface area contributed by atoms with Gasteiger partial charge in [0.15, 0.2) is 0 Å². The molecule has 0 saturated carbocycles. The molecule has 0 fully saturated rings. The van der Waals surface area contributed by atoms with Crippen LogP contribution in [0.1, 0.15) is 12.5 Å². The van der Waals surface area contributed by atoms with Crippen LogP contribution in [0.15, 0.2) is 54.6 Å². The molecule has 0 heterocycles. The molecule has 4 nitrogen and oxygen atoms in total. The van der Waals surface area contributed by atoms with E-state index in [0.29, 0.717) is 10.7 Å². The average Bonchev–Trinajstić information content (AvgIpc) is 2.48. The highest BCUT2D eigenvalue weighted by molar-refractivity contribution is 6.30. The van der Waals surface area contributed by atoms with Crippen molar-refractivity contribution >= 4 is 23.3 Å². The second-order valence-electron chi connectivity index (χ2n) is 4.95. The maximum Gasteiger partial charge on any atom is 0.320 e. The highest BCUT2D eigenvalue weighted by Crippen LogP contribution is 2.20. The van der Waals surface area contributed by atoms with Crippen LogP contribution in [0.4, 0.5) is 10.5 Å². The summed E-state index contributed by atoms with van der Waals surface area (Å²) in [5.74, 6) is 0. The van der Waals surface area contributed by atoms with E-state index in [0.717, 1.165) is 5.56 Å². The first-order chi connectivity index (χ1) is 10.0. The zero-order chi connectivity index (χ0) is 15.3. The third-order valence-corrected chi connectivity index (χ3v) is 3.43. The zero-order valence-electron chi connectivity index (χ0n) is 11.6. The Morgan fingerprint density at radius 3 is 2.52 bits per heavy atom. The third-order valence-electron chi connectivity index (χ3n) is 3.20. The number of anilines is 1. The van der Waals surface area contributed by atoms with Crippen molar-refractivity contribution in [3.63, 3.8) is 0 Å². The summed E-state index contributed by atoms with van der Waals surface area (Å²) in [5, 5.41) is 15.7. The Balaban J connectivity index is 2.10. The van der Waals surface area contributed by atoms with Gasteiger partial charge in [0, 0.05) is 10.7 Å². The minimum Gasteiger partial charge on any atom is -0.394 e. The molecule has 0 aliphatic heterocycles. The second kappa shape index (κ2) is 6.61. The molecule has 0 bridgehead atoms. The zero-order valence-corrected chi connectivity index (χ0v) is 12.4. The van der Waals surface area contributed by atoms with E-state index in [-0.39, 0.29) is 6.61 Å². The summed E-state index contributed by atoms with van der Waals surface area (Å²) in [6.45, 7) is 1.56. The number of hydrogen-bond donors (Lipinski definition) is 3. The van der Waals surface area contributed by atoms with Crippen molar-refractivity contribution < 1.29 is 9.90 Å². The van der Waals surface area contributed by atoms with Crippen LogP contribution in [0.2, 0.25) is 5.02 Å². The molecule has 0 spiro atoms. The number of amides is 2. The molecule has 0 aliphatic carbocycles. The molecule has 110 valence electrons. The number of nitrogens with one attached hydrogen (secondary N) is 2. The number of aliphatic hydroxyl groups is 1. The van der Waals surface area contributed by atoms with Gasteiger partial charge >= 0.3 is 6.03 Å². The molecule has 3 N–H and O–H groups in total. The quantitative estimate of drug-likeness (QED) is 0.811. The minimum atomic E-state index is -0.857. The van der Waals surface area contributed by atoms with Gasteiger partial charge in [-0.15, -0.1) is 0 Å². The van der Waals surface area contributed by atoms with Crippen molar-refractivity contribution in [2.45, 2.75) is 12.5 Å². The maximum atomic E-state index is 12.1. The van der Waals surface area contributed by atoms with Gasteiger partial charge in [-0.3, -0.25) is 0 Å². The molecule has 21 heavy (non-hydrogen) atoms. The van der Waals surface area contributed by atoms with E-state index in [2.05, 4.69) is 10.6 Å². The van der Waals surface area contributed by atoms with Gasteiger partial charge in [0.05, 0.1) is 12.1 Å². The van der Waals surface area contributed by atoms with Crippen LogP contribution in [0.3, 0.4) is 0 Å². The Morgan fingerprint density at radius 2 is 1.90 bits per heavy atom. The van der Waals surface area contributed by atoms with E-state index >= 15 is 0 Å². The highest BCUT2D eigenvalue weighted by atomic mass is 35.5. The largest absolute Gasteiger partial charge is 0.394 e. The Kier molecular flexibility index (Phi) is 4.83. The number of aliphatic hydroxyl groups excluding tert-OH is 1. The van der Waals surface area contributed by atoms with Crippen LogP contribution in [0, 0.1) is 0 Å². The van der Waals surface area contributed by atoms with Crippen LogP contribution in [0.5, 0.6) is 0 Å². The Bertz CT molecular complexity index is 619. The molecule has 2 amide bonds. The van der Waals surface area contributed by atoms with Crippen molar-refractivity contribution in [3.05, 3.63) is 65.2 Å². The number of carbonyl (C=O) groups excluding carboxylic acids is 1. The van der Waals surface area contributed by atoms with Crippen LogP contribution in [-0.4, -0.2) is 17.7 Å². The van der Waals surface area contributed by atoms with Crippen LogP contribution >= 0.6 is 11.6 Å². The summed E-state index contributed by atoms with van der Waals surface area (Å²) in [6, 6.07) is 15.8. The van der Waals surface area contributed by atoms with Crippen molar-refractivity contribution in [1.29, 1.82) is 0 Å². The lowest BCUT2D eigenvalue weighted by atomic mass is 9.93. The normalized spacial score (nSPS) is 13.3. The van der Waals surface area contributed by atoms with E-state index in [4.69, 9.17) is 11.6 Å². The Labute approximate surface area is 128 Å². The third kappa shape index (κ3) is 3.97. The molecule has 2 rings (SSSR count). The number of hydrogen-bond acceptors (Lipinski definition) is 2. The summed E-state index contributed by atoms with van der Waals surface area (Å²) in [5.41, 5.74) is 0.561. The average molecular weight is 305 g/mol. The Morgan fingerprint density at radius 1 is 1.19 bits per heavy atom. The van der Waals surface area contributed by atoms with E-state index < -0.39 is 11.6 Å². The lowest BCUT2D eigenvalue weighted by Crippen LogP contribution is -2.48. The minimum absolute atomic E-state index is 0.208. The summed E-state index contributed by atoms with van der Waals surface area (Å²) in [4.78, 5) is 12.1. The van der Waals surface area contributed by atoms with Gasteiger partial charge in [0.25, 0.3) is 0 Å². The molecule has 2 aromatic carbocycles. The van der Waals surface area contributed by atoms with Crippen LogP contribution in [-0.2, 0) is 5.54 Å². The van der Waals surface area contributed by atoms with Gasteiger partial charge in [-0.1, -0.05) is 48.0 Å². The van der Waals surface area contributed by atoms with E-state index in [9.17, 15) is 9.90 Å². The van der Waals surface area contributed by atoms with Crippen molar-refractivity contribution in [2.75, 3.05) is 11.9 Å². The predicted molar refractivity (Wildman–Crippen MR) is 84.5 cm³/mol. The molecular formula is C16H17ClN2O2. The lowest BCUT2D eigenvalue weighted by molar-refractivity contribution is 0.176. The number of rotatable bonds is 4. The number of benzene rings is 2. The number of carbonyl (C=O) groups is 1. The van der Waals surface area contributed by atoms with Gasteiger partial charge in [0.2, 0.25) is 0 Å². The fraction of sp³-hybridized carbons (Fsp3) is 0.188. The van der Waals surface area contributed by atoms with Crippen molar-refractivity contribution in [2.24, 2.45) is 0 Å². The standard InChI is InChI=1S/C16H17ClN2O2/c1-16(11-20,12-6-3-2-4-7-12)19-15(21)18-14-9-5-8-13(17)10-14/h2-10,20H,11H2,1H3,(H2,18,19,21). The summed E-state index contributed by atoms with van der Waals surface area (Å²) in [7, 11) is 0. The van der Waals surface area contributed by atoms with Crippen molar-refractivity contribution in [1.82, 2.24) is 5.32 Å². The smallest absolute Gasteiger partial charge is 0.320 e. The molecule has 0 aromatic heterocycles. The van der Waals surface area contributed by atoms with Gasteiger partial charge in [-0.2, -0.15) is 0 Å². The highest BCUT2D eigenvalue weighted by Gasteiger charge is 2.27. The summed E-state index contributed by atoms with van der Waals surface area (Å²) < 4.78 is 0. The summed E-state index contributed by atoms with van der Waals surface area (Å²) >= 11 is 5.87. The van der Waals surface area contributed by atoms with E-state index in [1.807, 2.05) is 30.3 Å². The molecular weight excluding hydrogens is 288 g/mol. The van der Waals surface area contributed by atoms with Crippen LogP contribution < -0.4 is 10.6 Å². The first-order valence-electron chi connectivity index (χ1n) is 6.54. The SMILES string of the molecule is CC(CO)(NC(=O)Nc1cccc(Cl)c1)c1ccccc1. The summed E-state index contributed by atoms with van der Waals surface area (Å²) in [6.07, 6.45) is 0. The van der Waals surface area contributed by atoms with E-state index in [1.54, 1.807) is 31.2 Å². The molecule has 0 radical (unpaired) electrons. The lowest BCUT2D eigenvalue weighted by Gasteiger charge is -2.29. The first kappa shape index (κ1) is 15.4. The van der Waals surface area contributed by atoms with Gasteiger partial charge < -0.3 is 15.7 Å². The second-order valence-corrected chi connectivity index (χ2v) is 5.38. The molecule has 0 aliphatic rings. The maximum absolute atomic E-state index is 12.1. The monoisotopic (exact) mass is 304 g/mol. The van der Waals surface area contributed by atoms with Crippen molar-refractivity contribution in [3.8, 4) is 0 Å². The molecule has 5 heteroatoms. The fourth-order valence-electron chi connectivity index (χ4n) is 1.99. The van der Waals surface area contributed by atoms with Gasteiger partial charge in [0.1, 0.15) is 0 Å². The molecule has 1 atom stereocenters. The van der Waals surface area contributed by atoms with E-state index in [1.165, 1.54) is 0 Å². The first-order valence-corrected chi connectivity index (χ1v) is 6.92. The Hall–Kier alpha value is -2.04. The number of halogens is 1. The molecule has 2 aromatic rings. The van der Waals surface area contributed by atoms with Gasteiger partial charge in [-0.05, 0) is 30.7 Å². The molecule has 0 saturated heterocycles. The molecule has 1 unspecified atom stereocenters. The van der Waals surface area contributed by atoms with Gasteiger partial charge in [-0.25, -0.2) is 4.79 Å². The fourth-order valence-corrected chi connectivity index (χ4v) is 2.18. The number of urea groups is 1. The topological polar surface area (TPSA) is 61.4 Å². The van der Waals surface area contributed by atoms with Crippen LogP contribution in [0.25, 0.3) is 0 Å².